The van der Waals surface area contributed by atoms with Gasteiger partial charge in [0, 0.05) is 24.0 Å². The van der Waals surface area contributed by atoms with Crippen molar-refractivity contribution in [2.24, 2.45) is 5.84 Å². The number of hydrogen-bond acceptors (Lipinski definition) is 5. The Balaban J connectivity index is 2.40. The van der Waals surface area contributed by atoms with Gasteiger partial charge in [-0.2, -0.15) is 4.98 Å². The lowest BCUT2D eigenvalue weighted by molar-refractivity contribution is 0.776. The van der Waals surface area contributed by atoms with Crippen molar-refractivity contribution in [3.8, 4) is 0 Å². The first-order valence-electron chi connectivity index (χ1n) is 6.89. The lowest BCUT2D eigenvalue weighted by Crippen LogP contribution is -2.22. The molecule has 0 bridgehead atoms. The fourth-order valence-electron chi connectivity index (χ4n) is 2.06. The van der Waals surface area contributed by atoms with Crippen molar-refractivity contribution in [3.05, 3.63) is 42.1 Å². The Hall–Kier alpha value is -2.14. The number of para-hydroxylation sites is 1. The first-order chi connectivity index (χ1) is 9.76. The van der Waals surface area contributed by atoms with E-state index in [1.165, 1.54) is 0 Å². The highest BCUT2D eigenvalue weighted by molar-refractivity contribution is 5.63. The molecule has 5 nitrogen and oxygen atoms in total. The van der Waals surface area contributed by atoms with E-state index in [0.717, 1.165) is 36.5 Å². The summed E-state index contributed by atoms with van der Waals surface area (Å²) in [5.74, 6) is 6.74. The summed E-state index contributed by atoms with van der Waals surface area (Å²) in [7, 11) is 0. The predicted octanol–water partition coefficient (Wildman–Crippen LogP) is 3.01. The van der Waals surface area contributed by atoms with Gasteiger partial charge < -0.3 is 4.90 Å². The van der Waals surface area contributed by atoms with Crippen LogP contribution in [0.3, 0.4) is 0 Å². The van der Waals surface area contributed by atoms with Crippen LogP contribution in [0.1, 0.15) is 25.3 Å². The van der Waals surface area contributed by atoms with E-state index in [1.54, 1.807) is 6.20 Å². The van der Waals surface area contributed by atoms with E-state index >= 15 is 0 Å². The van der Waals surface area contributed by atoms with E-state index in [-0.39, 0.29) is 0 Å². The van der Waals surface area contributed by atoms with Crippen LogP contribution >= 0.6 is 0 Å². The fourth-order valence-corrected chi connectivity index (χ4v) is 2.06. The standard InChI is InChI=1S/C15H21N5/c1-3-4-10-20(13-8-6-5-7-9-13)14-12(2)11-17-15(18-14)19-16/h5-9,11H,3-4,10,16H2,1-2H3,(H,17,18,19). The van der Waals surface area contributed by atoms with Crippen LogP contribution in [0, 0.1) is 6.92 Å². The van der Waals surface area contributed by atoms with Crippen molar-refractivity contribution in [3.63, 3.8) is 0 Å². The quantitative estimate of drug-likeness (QED) is 0.624. The summed E-state index contributed by atoms with van der Waals surface area (Å²) in [5, 5.41) is 0. The van der Waals surface area contributed by atoms with Crippen LogP contribution in [0.5, 0.6) is 0 Å². The number of nitrogens with one attached hydrogen (secondary N) is 1. The Morgan fingerprint density at radius 1 is 1.25 bits per heavy atom. The van der Waals surface area contributed by atoms with E-state index in [9.17, 15) is 0 Å². The molecular formula is C15H21N5. The summed E-state index contributed by atoms with van der Waals surface area (Å²) in [6.07, 6.45) is 4.03. The largest absolute Gasteiger partial charge is 0.326 e. The zero-order chi connectivity index (χ0) is 14.4. The van der Waals surface area contributed by atoms with Crippen LogP contribution in [0.15, 0.2) is 36.5 Å². The van der Waals surface area contributed by atoms with Crippen molar-refractivity contribution < 1.29 is 0 Å². The number of benzene rings is 1. The Labute approximate surface area is 119 Å². The zero-order valence-corrected chi connectivity index (χ0v) is 12.0. The number of aryl methyl sites for hydroxylation is 1. The SMILES string of the molecule is CCCCN(c1ccccc1)c1nc(NN)ncc1C. The smallest absolute Gasteiger partial charge is 0.239 e. The molecule has 0 spiro atoms. The molecule has 0 aliphatic carbocycles. The minimum Gasteiger partial charge on any atom is -0.326 e. The lowest BCUT2D eigenvalue weighted by atomic mass is 10.2. The number of nitrogen functional groups attached to an aromatic ring is 1. The van der Waals surface area contributed by atoms with E-state index in [1.807, 2.05) is 25.1 Å². The third kappa shape index (κ3) is 3.24. The molecule has 0 amide bonds. The number of unbranched alkanes of at least 4 members (excludes halogenated alkanes) is 1. The van der Waals surface area contributed by atoms with E-state index in [4.69, 9.17) is 5.84 Å². The monoisotopic (exact) mass is 271 g/mol. The van der Waals surface area contributed by atoms with Crippen LogP contribution < -0.4 is 16.2 Å². The highest BCUT2D eigenvalue weighted by Crippen LogP contribution is 2.27. The molecule has 0 aliphatic rings. The van der Waals surface area contributed by atoms with Gasteiger partial charge in [-0.15, -0.1) is 0 Å². The van der Waals surface area contributed by atoms with Gasteiger partial charge in [-0.1, -0.05) is 31.5 Å². The highest BCUT2D eigenvalue weighted by Gasteiger charge is 2.13. The summed E-state index contributed by atoms with van der Waals surface area (Å²) in [5.41, 5.74) is 4.67. The summed E-state index contributed by atoms with van der Waals surface area (Å²) < 4.78 is 0. The van der Waals surface area contributed by atoms with Crippen molar-refractivity contribution in [1.82, 2.24) is 9.97 Å². The minimum atomic E-state index is 0.433. The molecule has 106 valence electrons. The summed E-state index contributed by atoms with van der Waals surface area (Å²) in [6.45, 7) is 5.11. The lowest BCUT2D eigenvalue weighted by Gasteiger charge is -2.25. The predicted molar refractivity (Wildman–Crippen MR) is 82.9 cm³/mol. The maximum Gasteiger partial charge on any atom is 0.239 e. The number of hydrogen-bond donors (Lipinski definition) is 2. The molecule has 5 heteroatoms. The molecule has 0 saturated carbocycles. The third-order valence-corrected chi connectivity index (χ3v) is 3.13. The molecule has 0 atom stereocenters. The molecule has 0 aliphatic heterocycles. The van der Waals surface area contributed by atoms with Crippen LogP contribution in [-0.2, 0) is 0 Å². The topological polar surface area (TPSA) is 67.1 Å². The number of anilines is 3. The molecule has 2 aromatic rings. The molecular weight excluding hydrogens is 250 g/mol. The van der Waals surface area contributed by atoms with Gasteiger partial charge in [-0.3, -0.25) is 5.43 Å². The minimum absolute atomic E-state index is 0.433. The summed E-state index contributed by atoms with van der Waals surface area (Å²) in [4.78, 5) is 10.8. The van der Waals surface area contributed by atoms with Crippen molar-refractivity contribution in [1.29, 1.82) is 0 Å². The van der Waals surface area contributed by atoms with Crippen LogP contribution in [0.4, 0.5) is 17.5 Å². The second kappa shape index (κ2) is 6.86. The van der Waals surface area contributed by atoms with Gasteiger partial charge in [0.25, 0.3) is 0 Å². The second-order valence-electron chi connectivity index (χ2n) is 4.69. The average Bonchev–Trinajstić information content (AvgIpc) is 2.50. The van der Waals surface area contributed by atoms with Crippen LogP contribution in [0.25, 0.3) is 0 Å². The first kappa shape index (κ1) is 14.3. The summed E-state index contributed by atoms with van der Waals surface area (Å²) >= 11 is 0. The van der Waals surface area contributed by atoms with E-state index in [2.05, 4.69) is 39.4 Å². The van der Waals surface area contributed by atoms with Gasteiger partial charge in [-0.05, 0) is 25.5 Å². The molecule has 1 aromatic heterocycles. The average molecular weight is 271 g/mol. The van der Waals surface area contributed by atoms with Gasteiger partial charge in [0.2, 0.25) is 5.95 Å². The van der Waals surface area contributed by atoms with Gasteiger partial charge in [0.1, 0.15) is 5.82 Å². The molecule has 0 fully saturated rings. The molecule has 0 unspecified atom stereocenters. The highest BCUT2D eigenvalue weighted by atomic mass is 15.3. The maximum atomic E-state index is 5.41. The van der Waals surface area contributed by atoms with Crippen molar-refractivity contribution in [2.45, 2.75) is 26.7 Å². The Kier molecular flexibility index (Phi) is 4.90. The normalized spacial score (nSPS) is 10.3. The molecule has 2 rings (SSSR count). The van der Waals surface area contributed by atoms with Gasteiger partial charge in [-0.25, -0.2) is 10.8 Å². The van der Waals surface area contributed by atoms with E-state index in [0.29, 0.717) is 5.95 Å². The second-order valence-corrected chi connectivity index (χ2v) is 4.69. The number of rotatable bonds is 6. The first-order valence-corrected chi connectivity index (χ1v) is 6.89. The molecule has 0 saturated heterocycles. The van der Waals surface area contributed by atoms with Gasteiger partial charge in [0.05, 0.1) is 0 Å². The van der Waals surface area contributed by atoms with Crippen LogP contribution in [-0.4, -0.2) is 16.5 Å². The molecule has 0 radical (unpaired) electrons. The molecule has 1 aromatic carbocycles. The zero-order valence-electron chi connectivity index (χ0n) is 12.0. The Bertz CT molecular complexity index is 541. The molecule has 20 heavy (non-hydrogen) atoms. The van der Waals surface area contributed by atoms with Crippen molar-refractivity contribution in [2.75, 3.05) is 16.9 Å². The Morgan fingerprint density at radius 2 is 2.00 bits per heavy atom. The molecule has 3 N–H and O–H groups in total. The van der Waals surface area contributed by atoms with Crippen LogP contribution in [0.2, 0.25) is 0 Å². The number of nitrogens with two attached hydrogens (primary N) is 1. The Morgan fingerprint density at radius 3 is 2.65 bits per heavy atom. The van der Waals surface area contributed by atoms with Gasteiger partial charge >= 0.3 is 0 Å². The fraction of sp³-hybridized carbons (Fsp3) is 0.333. The third-order valence-electron chi connectivity index (χ3n) is 3.13. The summed E-state index contributed by atoms with van der Waals surface area (Å²) in [6, 6.07) is 10.3. The maximum absolute atomic E-state index is 5.41. The van der Waals surface area contributed by atoms with E-state index < -0.39 is 0 Å². The molecule has 1 heterocycles. The van der Waals surface area contributed by atoms with Crippen molar-refractivity contribution >= 4 is 17.5 Å². The number of aromatic nitrogens is 2. The number of hydrazine groups is 1. The van der Waals surface area contributed by atoms with Gasteiger partial charge in [0.15, 0.2) is 0 Å². The number of nitrogens with zero attached hydrogens (tertiary/aromatic N) is 3.